The van der Waals surface area contributed by atoms with Crippen LogP contribution in [0.1, 0.15) is 28.2 Å². The van der Waals surface area contributed by atoms with Gasteiger partial charge in [0.25, 0.3) is 5.91 Å². The van der Waals surface area contributed by atoms with Crippen LogP contribution in [0, 0.1) is 11.6 Å². The third kappa shape index (κ3) is 5.45. The van der Waals surface area contributed by atoms with E-state index in [2.05, 4.69) is 10.3 Å². The summed E-state index contributed by atoms with van der Waals surface area (Å²) in [5.74, 6) is -1.65. The van der Waals surface area contributed by atoms with Crippen LogP contribution in [0.15, 0.2) is 41.1 Å². The van der Waals surface area contributed by atoms with E-state index in [0.717, 1.165) is 12.1 Å². The fourth-order valence-corrected chi connectivity index (χ4v) is 4.58. The Bertz CT molecular complexity index is 1060. The first kappa shape index (κ1) is 21.4. The highest BCUT2D eigenvalue weighted by atomic mass is 32.1. The van der Waals surface area contributed by atoms with E-state index in [9.17, 15) is 18.4 Å². The number of rotatable bonds is 6. The standard InChI is InChI=1S/C21H19F2N3O3S2/c22-13-3-4-17(16(23)10-13)29-15-5-7-26(8-6-15)19(27)11-14-12-31-21(24-14)25-20(28)18-2-1-9-30-18/h1-4,9-10,12,15H,5-8,11H2,(H,24,25,28). The van der Waals surface area contributed by atoms with Crippen molar-refractivity contribution in [2.75, 3.05) is 18.4 Å². The summed E-state index contributed by atoms with van der Waals surface area (Å²) in [5, 5.41) is 6.77. The summed E-state index contributed by atoms with van der Waals surface area (Å²) in [7, 11) is 0. The van der Waals surface area contributed by atoms with Gasteiger partial charge in [-0.25, -0.2) is 13.8 Å². The molecule has 2 aromatic heterocycles. The molecule has 1 fully saturated rings. The highest BCUT2D eigenvalue weighted by Crippen LogP contribution is 2.24. The number of likely N-dealkylation sites (tertiary alicyclic amines) is 1. The monoisotopic (exact) mass is 463 g/mol. The van der Waals surface area contributed by atoms with Crippen LogP contribution in [0.25, 0.3) is 0 Å². The molecule has 1 saturated heterocycles. The number of piperidine rings is 1. The number of benzene rings is 1. The first-order chi connectivity index (χ1) is 15.0. The van der Waals surface area contributed by atoms with Crippen LogP contribution in [-0.4, -0.2) is 40.9 Å². The number of carbonyl (C=O) groups excluding carboxylic acids is 2. The number of thiophene rings is 1. The van der Waals surface area contributed by atoms with Crippen molar-refractivity contribution < 1.29 is 23.1 Å². The molecule has 6 nitrogen and oxygen atoms in total. The van der Waals surface area contributed by atoms with E-state index in [1.165, 1.54) is 28.7 Å². The predicted octanol–water partition coefficient (Wildman–Crippen LogP) is 4.35. The van der Waals surface area contributed by atoms with Gasteiger partial charge in [0.1, 0.15) is 11.9 Å². The molecule has 0 aliphatic carbocycles. The number of nitrogens with one attached hydrogen (secondary N) is 1. The zero-order valence-corrected chi connectivity index (χ0v) is 18.0. The molecule has 31 heavy (non-hydrogen) atoms. The zero-order valence-electron chi connectivity index (χ0n) is 16.3. The van der Waals surface area contributed by atoms with E-state index < -0.39 is 11.6 Å². The van der Waals surface area contributed by atoms with Crippen molar-refractivity contribution in [3.8, 4) is 5.75 Å². The van der Waals surface area contributed by atoms with Gasteiger partial charge in [0.05, 0.1) is 17.0 Å². The first-order valence-corrected chi connectivity index (χ1v) is 11.4. The predicted molar refractivity (Wildman–Crippen MR) is 115 cm³/mol. The Balaban J connectivity index is 1.25. The Morgan fingerprint density at radius 2 is 2.00 bits per heavy atom. The molecule has 0 unspecified atom stereocenters. The van der Waals surface area contributed by atoms with Crippen molar-refractivity contribution >= 4 is 39.6 Å². The van der Waals surface area contributed by atoms with E-state index in [-0.39, 0.29) is 30.1 Å². The van der Waals surface area contributed by atoms with Crippen molar-refractivity contribution in [2.45, 2.75) is 25.4 Å². The Morgan fingerprint density at radius 1 is 1.19 bits per heavy atom. The number of hydrogen-bond donors (Lipinski definition) is 1. The lowest BCUT2D eigenvalue weighted by molar-refractivity contribution is -0.132. The van der Waals surface area contributed by atoms with Gasteiger partial charge in [-0.1, -0.05) is 6.07 Å². The van der Waals surface area contributed by atoms with Crippen LogP contribution in [0.5, 0.6) is 5.75 Å². The summed E-state index contributed by atoms with van der Waals surface area (Å²) >= 11 is 2.62. The smallest absolute Gasteiger partial charge is 0.267 e. The van der Waals surface area contributed by atoms with Crippen molar-refractivity contribution in [3.05, 3.63) is 63.3 Å². The van der Waals surface area contributed by atoms with Gasteiger partial charge in [0.2, 0.25) is 5.91 Å². The molecule has 0 saturated carbocycles. The van der Waals surface area contributed by atoms with Crippen molar-refractivity contribution in [3.63, 3.8) is 0 Å². The Labute approximate surface area is 185 Å². The largest absolute Gasteiger partial charge is 0.487 e. The van der Waals surface area contributed by atoms with Gasteiger partial charge in [-0.3, -0.25) is 14.9 Å². The minimum absolute atomic E-state index is 0.0192. The lowest BCUT2D eigenvalue weighted by Crippen LogP contribution is -2.42. The number of ether oxygens (including phenoxy) is 1. The number of carbonyl (C=O) groups is 2. The average molecular weight is 464 g/mol. The van der Waals surface area contributed by atoms with Crippen molar-refractivity contribution in [2.24, 2.45) is 0 Å². The number of anilines is 1. The quantitative estimate of drug-likeness (QED) is 0.590. The molecule has 1 aromatic carbocycles. The van der Waals surface area contributed by atoms with Gasteiger partial charge in [0, 0.05) is 37.4 Å². The minimum Gasteiger partial charge on any atom is -0.487 e. The summed E-state index contributed by atoms with van der Waals surface area (Å²) in [4.78, 5) is 31.3. The van der Waals surface area contributed by atoms with Gasteiger partial charge in [0.15, 0.2) is 16.7 Å². The second kappa shape index (κ2) is 9.52. The molecule has 2 amide bonds. The second-order valence-corrected chi connectivity index (χ2v) is 8.83. The van der Waals surface area contributed by atoms with Crippen LogP contribution in [0.4, 0.5) is 13.9 Å². The molecular formula is C21H19F2N3O3S2. The molecule has 10 heteroatoms. The summed E-state index contributed by atoms with van der Waals surface area (Å²) in [6.45, 7) is 0.969. The van der Waals surface area contributed by atoms with Crippen LogP contribution in [0.2, 0.25) is 0 Å². The molecule has 0 spiro atoms. The van der Waals surface area contributed by atoms with Crippen LogP contribution in [-0.2, 0) is 11.2 Å². The SMILES string of the molecule is O=C(Nc1nc(CC(=O)N2CCC(Oc3ccc(F)cc3F)CC2)cs1)c1cccs1. The van der Waals surface area contributed by atoms with Gasteiger partial charge in [-0.2, -0.15) is 0 Å². The lowest BCUT2D eigenvalue weighted by Gasteiger charge is -2.32. The topological polar surface area (TPSA) is 71.5 Å². The number of thiazole rings is 1. The highest BCUT2D eigenvalue weighted by Gasteiger charge is 2.25. The molecule has 1 aliphatic rings. The molecule has 162 valence electrons. The van der Waals surface area contributed by atoms with E-state index in [1.54, 1.807) is 22.4 Å². The summed E-state index contributed by atoms with van der Waals surface area (Å²) < 4.78 is 32.4. The van der Waals surface area contributed by atoms with Gasteiger partial charge in [-0.05, 0) is 23.6 Å². The molecule has 3 heterocycles. The van der Waals surface area contributed by atoms with Gasteiger partial charge >= 0.3 is 0 Å². The van der Waals surface area contributed by atoms with E-state index >= 15 is 0 Å². The van der Waals surface area contributed by atoms with Gasteiger partial charge in [-0.15, -0.1) is 22.7 Å². The van der Waals surface area contributed by atoms with E-state index in [1.807, 2.05) is 5.38 Å². The highest BCUT2D eigenvalue weighted by molar-refractivity contribution is 7.14. The zero-order chi connectivity index (χ0) is 21.8. The van der Waals surface area contributed by atoms with Crippen molar-refractivity contribution in [1.29, 1.82) is 0 Å². The Kier molecular flexibility index (Phi) is 6.57. The normalized spacial score (nSPS) is 14.5. The molecule has 0 radical (unpaired) electrons. The third-order valence-corrected chi connectivity index (χ3v) is 6.51. The van der Waals surface area contributed by atoms with Gasteiger partial charge < -0.3 is 9.64 Å². The molecule has 1 N–H and O–H groups in total. The number of hydrogen-bond acceptors (Lipinski definition) is 6. The summed E-state index contributed by atoms with van der Waals surface area (Å²) in [5.41, 5.74) is 0.600. The molecule has 0 atom stereocenters. The summed E-state index contributed by atoms with van der Waals surface area (Å²) in [6.07, 6.45) is 1.02. The Hall–Kier alpha value is -2.85. The number of aromatic nitrogens is 1. The molecule has 1 aliphatic heterocycles. The van der Waals surface area contributed by atoms with Crippen molar-refractivity contribution in [1.82, 2.24) is 9.88 Å². The molecule has 3 aromatic rings. The van der Waals surface area contributed by atoms with E-state index in [0.29, 0.717) is 41.6 Å². The van der Waals surface area contributed by atoms with Crippen LogP contribution in [0.3, 0.4) is 0 Å². The maximum atomic E-state index is 13.8. The number of amides is 2. The van der Waals surface area contributed by atoms with E-state index in [4.69, 9.17) is 4.74 Å². The molecule has 0 bridgehead atoms. The fraction of sp³-hybridized carbons (Fsp3) is 0.286. The molecular weight excluding hydrogens is 444 g/mol. The van der Waals surface area contributed by atoms with Crippen LogP contribution >= 0.6 is 22.7 Å². The average Bonchev–Trinajstić information content (AvgIpc) is 3.43. The van der Waals surface area contributed by atoms with Crippen LogP contribution < -0.4 is 10.1 Å². The first-order valence-electron chi connectivity index (χ1n) is 9.66. The molecule has 4 rings (SSSR count). The maximum absolute atomic E-state index is 13.8. The second-order valence-electron chi connectivity index (χ2n) is 7.02. The number of nitrogens with zero attached hydrogens (tertiary/aromatic N) is 2. The maximum Gasteiger partial charge on any atom is 0.267 e. The number of halogens is 2. The lowest BCUT2D eigenvalue weighted by atomic mass is 10.1. The summed E-state index contributed by atoms with van der Waals surface area (Å²) in [6, 6.07) is 6.76. The minimum atomic E-state index is -0.732. The Morgan fingerprint density at radius 3 is 2.71 bits per heavy atom. The fourth-order valence-electron chi connectivity index (χ4n) is 3.25. The third-order valence-electron chi connectivity index (χ3n) is 4.83.